The summed E-state index contributed by atoms with van der Waals surface area (Å²) in [7, 11) is 0. The van der Waals surface area contributed by atoms with E-state index in [9.17, 15) is 0 Å². The van der Waals surface area contributed by atoms with E-state index in [0.717, 1.165) is 11.2 Å². The Morgan fingerprint density at radius 3 is 2.81 bits per heavy atom. The lowest BCUT2D eigenvalue weighted by molar-refractivity contribution is 0.421. The normalized spacial score (nSPS) is 23.2. The highest BCUT2D eigenvalue weighted by Gasteiger charge is 2.14. The van der Waals surface area contributed by atoms with Crippen molar-refractivity contribution in [2.75, 3.05) is 30.3 Å². The Bertz CT molecular complexity index is 158. The standard InChI is InChI=1S/C13H27NS2/c1-3-5-6-12(4-2)9-14-10-13-11-15-7-8-16-13/h12-14H,3-11H2,1-2H3. The van der Waals surface area contributed by atoms with Crippen LogP contribution in [0.3, 0.4) is 0 Å². The number of rotatable bonds is 8. The van der Waals surface area contributed by atoms with Crippen molar-refractivity contribution in [3.63, 3.8) is 0 Å². The summed E-state index contributed by atoms with van der Waals surface area (Å²) in [5.74, 6) is 4.96. The average molecular weight is 261 g/mol. The Hall–Kier alpha value is 0.660. The summed E-state index contributed by atoms with van der Waals surface area (Å²) >= 11 is 4.28. The van der Waals surface area contributed by atoms with Crippen LogP contribution in [0, 0.1) is 5.92 Å². The minimum Gasteiger partial charge on any atom is -0.315 e. The number of hydrogen-bond acceptors (Lipinski definition) is 3. The molecular weight excluding hydrogens is 234 g/mol. The molecule has 1 fully saturated rings. The largest absolute Gasteiger partial charge is 0.315 e. The zero-order chi connectivity index (χ0) is 11.6. The number of hydrogen-bond donors (Lipinski definition) is 1. The van der Waals surface area contributed by atoms with Gasteiger partial charge in [-0.2, -0.15) is 23.5 Å². The molecular formula is C13H27NS2. The molecule has 1 aliphatic rings. The molecule has 0 aromatic heterocycles. The second kappa shape index (κ2) is 9.67. The first kappa shape index (κ1) is 14.7. The molecule has 1 heterocycles. The van der Waals surface area contributed by atoms with Crippen molar-refractivity contribution < 1.29 is 0 Å². The Balaban J connectivity index is 2.02. The molecule has 1 nitrogen and oxygen atoms in total. The van der Waals surface area contributed by atoms with Gasteiger partial charge in [-0.15, -0.1) is 0 Å². The molecule has 0 bridgehead atoms. The first-order valence-corrected chi connectivity index (χ1v) is 8.97. The van der Waals surface area contributed by atoms with Crippen LogP contribution in [0.25, 0.3) is 0 Å². The van der Waals surface area contributed by atoms with Crippen LogP contribution in [0.15, 0.2) is 0 Å². The van der Waals surface area contributed by atoms with Gasteiger partial charge in [-0.3, -0.25) is 0 Å². The molecule has 0 saturated carbocycles. The number of unbranched alkanes of at least 4 members (excludes halogenated alkanes) is 1. The molecule has 1 aliphatic heterocycles. The molecule has 0 aliphatic carbocycles. The second-order valence-corrected chi connectivity index (χ2v) is 7.20. The van der Waals surface area contributed by atoms with Crippen molar-refractivity contribution in [2.24, 2.45) is 5.92 Å². The van der Waals surface area contributed by atoms with Crippen LogP contribution in [-0.2, 0) is 0 Å². The highest BCUT2D eigenvalue weighted by molar-refractivity contribution is 8.06. The molecule has 2 atom stereocenters. The Kier molecular flexibility index (Phi) is 8.89. The fourth-order valence-electron chi connectivity index (χ4n) is 2.05. The third kappa shape index (κ3) is 6.41. The predicted molar refractivity (Wildman–Crippen MR) is 79.7 cm³/mol. The van der Waals surface area contributed by atoms with E-state index in [0.29, 0.717) is 0 Å². The number of thioether (sulfide) groups is 2. The van der Waals surface area contributed by atoms with Crippen LogP contribution in [0.4, 0.5) is 0 Å². The molecule has 3 heteroatoms. The van der Waals surface area contributed by atoms with Crippen molar-refractivity contribution in [1.29, 1.82) is 0 Å². The Morgan fingerprint density at radius 1 is 1.31 bits per heavy atom. The van der Waals surface area contributed by atoms with E-state index in [1.807, 2.05) is 0 Å². The van der Waals surface area contributed by atoms with Gasteiger partial charge >= 0.3 is 0 Å². The quantitative estimate of drug-likeness (QED) is 0.716. The molecule has 2 unspecified atom stereocenters. The van der Waals surface area contributed by atoms with Crippen LogP contribution in [0.2, 0.25) is 0 Å². The highest BCUT2D eigenvalue weighted by Crippen LogP contribution is 2.23. The minimum absolute atomic E-state index is 0.863. The van der Waals surface area contributed by atoms with E-state index in [1.54, 1.807) is 0 Å². The fraction of sp³-hybridized carbons (Fsp3) is 1.00. The topological polar surface area (TPSA) is 12.0 Å². The SMILES string of the molecule is CCCCC(CC)CNCC1CSCCS1. The van der Waals surface area contributed by atoms with E-state index < -0.39 is 0 Å². The molecule has 1 saturated heterocycles. The predicted octanol–water partition coefficient (Wildman–Crippen LogP) is 3.64. The summed E-state index contributed by atoms with van der Waals surface area (Å²) in [4.78, 5) is 0. The summed E-state index contributed by atoms with van der Waals surface area (Å²) in [6.45, 7) is 7.07. The first-order chi connectivity index (χ1) is 7.86. The summed E-state index contributed by atoms with van der Waals surface area (Å²) in [6, 6.07) is 0. The van der Waals surface area contributed by atoms with Crippen molar-refractivity contribution >= 4 is 23.5 Å². The van der Waals surface area contributed by atoms with Gasteiger partial charge in [0, 0.05) is 29.1 Å². The molecule has 0 radical (unpaired) electrons. The van der Waals surface area contributed by atoms with Crippen molar-refractivity contribution in [3.05, 3.63) is 0 Å². The Labute approximate surface area is 110 Å². The minimum atomic E-state index is 0.863. The summed E-state index contributed by atoms with van der Waals surface area (Å²) < 4.78 is 0. The smallest absolute Gasteiger partial charge is 0.0263 e. The monoisotopic (exact) mass is 261 g/mol. The summed E-state index contributed by atoms with van der Waals surface area (Å²) in [6.07, 6.45) is 5.48. The zero-order valence-electron chi connectivity index (χ0n) is 10.8. The Morgan fingerprint density at radius 2 is 2.19 bits per heavy atom. The maximum atomic E-state index is 3.68. The van der Waals surface area contributed by atoms with Crippen molar-refractivity contribution in [3.8, 4) is 0 Å². The van der Waals surface area contributed by atoms with Gasteiger partial charge in [0.2, 0.25) is 0 Å². The molecule has 0 aromatic rings. The van der Waals surface area contributed by atoms with Crippen LogP contribution in [0.1, 0.15) is 39.5 Å². The third-order valence-electron chi connectivity index (χ3n) is 3.23. The van der Waals surface area contributed by atoms with Gasteiger partial charge in [0.05, 0.1) is 0 Å². The molecule has 0 amide bonds. The molecule has 1 N–H and O–H groups in total. The van der Waals surface area contributed by atoms with E-state index in [2.05, 4.69) is 42.7 Å². The molecule has 1 rings (SSSR count). The average Bonchev–Trinajstić information content (AvgIpc) is 2.35. The molecule has 16 heavy (non-hydrogen) atoms. The van der Waals surface area contributed by atoms with Gasteiger partial charge in [0.25, 0.3) is 0 Å². The fourth-order valence-corrected chi connectivity index (χ4v) is 4.69. The lowest BCUT2D eigenvalue weighted by atomic mass is 9.99. The van der Waals surface area contributed by atoms with Gasteiger partial charge in [0.1, 0.15) is 0 Å². The third-order valence-corrected chi connectivity index (χ3v) is 6.08. The van der Waals surface area contributed by atoms with Crippen LogP contribution in [0.5, 0.6) is 0 Å². The maximum absolute atomic E-state index is 3.68. The van der Waals surface area contributed by atoms with E-state index >= 15 is 0 Å². The zero-order valence-corrected chi connectivity index (χ0v) is 12.5. The summed E-state index contributed by atoms with van der Waals surface area (Å²) in [5, 5.41) is 4.54. The van der Waals surface area contributed by atoms with Gasteiger partial charge in [0.15, 0.2) is 0 Å². The van der Waals surface area contributed by atoms with Crippen LogP contribution >= 0.6 is 23.5 Å². The second-order valence-electron chi connectivity index (χ2n) is 4.64. The van der Waals surface area contributed by atoms with E-state index in [4.69, 9.17) is 0 Å². The maximum Gasteiger partial charge on any atom is 0.0263 e. The lowest BCUT2D eigenvalue weighted by Gasteiger charge is -2.23. The highest BCUT2D eigenvalue weighted by atomic mass is 32.2. The van der Waals surface area contributed by atoms with E-state index in [1.165, 1.54) is 56.0 Å². The van der Waals surface area contributed by atoms with Crippen LogP contribution in [-0.4, -0.2) is 35.6 Å². The van der Waals surface area contributed by atoms with Gasteiger partial charge < -0.3 is 5.32 Å². The summed E-state index contributed by atoms with van der Waals surface area (Å²) in [5.41, 5.74) is 0. The first-order valence-electron chi connectivity index (χ1n) is 6.76. The van der Waals surface area contributed by atoms with Gasteiger partial charge in [-0.05, 0) is 18.9 Å². The molecule has 0 aromatic carbocycles. The van der Waals surface area contributed by atoms with E-state index in [-0.39, 0.29) is 0 Å². The van der Waals surface area contributed by atoms with Gasteiger partial charge in [-0.25, -0.2) is 0 Å². The molecule has 96 valence electrons. The van der Waals surface area contributed by atoms with Gasteiger partial charge in [-0.1, -0.05) is 33.1 Å². The van der Waals surface area contributed by atoms with Crippen molar-refractivity contribution in [2.45, 2.75) is 44.8 Å². The lowest BCUT2D eigenvalue weighted by Crippen LogP contribution is -2.32. The number of nitrogens with one attached hydrogen (secondary N) is 1. The van der Waals surface area contributed by atoms with Crippen molar-refractivity contribution in [1.82, 2.24) is 5.32 Å². The van der Waals surface area contributed by atoms with Crippen LogP contribution < -0.4 is 5.32 Å². The molecule has 0 spiro atoms.